The van der Waals surface area contributed by atoms with E-state index in [1.54, 1.807) is 18.2 Å². The number of hydrogen-bond donors (Lipinski definition) is 2. The lowest BCUT2D eigenvalue weighted by Crippen LogP contribution is -2.56. The fourth-order valence-corrected chi connectivity index (χ4v) is 6.73. The highest BCUT2D eigenvalue weighted by atomic mass is 35.5. The lowest BCUT2D eigenvalue weighted by atomic mass is 9.96. The molecule has 0 radical (unpaired) electrons. The number of pyridine rings is 1. The maximum atomic E-state index is 12.9. The van der Waals surface area contributed by atoms with Gasteiger partial charge in [-0.2, -0.15) is 4.98 Å². The quantitative estimate of drug-likeness (QED) is 0.684. The Labute approximate surface area is 181 Å². The van der Waals surface area contributed by atoms with Crippen molar-refractivity contribution in [3.05, 3.63) is 39.0 Å². The Morgan fingerprint density at radius 2 is 2.27 bits per heavy atom. The third-order valence-corrected chi connectivity index (χ3v) is 8.89. The number of halogens is 1. The Morgan fingerprint density at radius 1 is 1.50 bits per heavy atom. The lowest BCUT2D eigenvalue weighted by Gasteiger charge is -2.37. The average Bonchev–Trinajstić information content (AvgIpc) is 3.31. The van der Waals surface area contributed by atoms with Crippen LogP contribution < -0.4 is 15.8 Å². The summed E-state index contributed by atoms with van der Waals surface area (Å²) in [6.07, 6.45) is 0. The number of aliphatic imine (C=N–C) groups is 1. The smallest absolute Gasteiger partial charge is 0.266 e. The fourth-order valence-electron chi connectivity index (χ4n) is 3.40. The third-order valence-electron chi connectivity index (χ3n) is 4.98. The molecule has 10 nitrogen and oxygen atoms in total. The maximum Gasteiger partial charge on any atom is 0.266 e. The zero-order chi connectivity index (χ0) is 21.7. The molecule has 4 heterocycles. The van der Waals surface area contributed by atoms with E-state index in [4.69, 9.17) is 26.8 Å². The maximum absolute atomic E-state index is 12.9. The number of carbonyl (C=O) groups is 1. The number of hydrogen-bond acceptors (Lipinski definition) is 9. The number of anilines is 1. The van der Waals surface area contributed by atoms with E-state index < -0.39 is 26.7 Å². The Balaban J connectivity index is 1.71. The molecule has 0 saturated carbocycles. The minimum atomic E-state index is -3.80. The number of guanidine groups is 1. The van der Waals surface area contributed by atoms with Crippen LogP contribution >= 0.6 is 22.9 Å². The van der Waals surface area contributed by atoms with Gasteiger partial charge >= 0.3 is 0 Å². The molecule has 2 aromatic heterocycles. The van der Waals surface area contributed by atoms with Crippen molar-refractivity contribution in [2.75, 3.05) is 32.7 Å². The number of carbonyl (C=O) groups excluding carboxylic acids is 1. The van der Waals surface area contributed by atoms with Crippen molar-refractivity contribution in [1.82, 2.24) is 9.29 Å². The summed E-state index contributed by atoms with van der Waals surface area (Å²) in [7, 11) is -0.990. The van der Waals surface area contributed by atoms with E-state index in [1.807, 2.05) is 0 Å². The molecule has 2 atom stereocenters. The molecule has 2 aliphatic rings. The van der Waals surface area contributed by atoms with Crippen molar-refractivity contribution >= 4 is 50.6 Å². The summed E-state index contributed by atoms with van der Waals surface area (Å²) in [6, 6.07) is 6.43. The monoisotopic (exact) mass is 471 g/mol. The number of fused-ring (bicyclic) bond motifs is 1. The van der Waals surface area contributed by atoms with Crippen LogP contribution in [0.2, 0.25) is 5.02 Å². The van der Waals surface area contributed by atoms with Crippen LogP contribution in [0, 0.1) is 0 Å². The van der Waals surface area contributed by atoms with Crippen molar-refractivity contribution in [3.8, 4) is 5.88 Å². The molecule has 1 saturated heterocycles. The summed E-state index contributed by atoms with van der Waals surface area (Å²) in [5, 5.41) is 1.90. The van der Waals surface area contributed by atoms with E-state index in [0.717, 1.165) is 15.6 Å². The van der Waals surface area contributed by atoms with E-state index in [0.29, 0.717) is 16.6 Å². The number of rotatable bonds is 4. The van der Waals surface area contributed by atoms with E-state index >= 15 is 0 Å². The van der Waals surface area contributed by atoms with Crippen LogP contribution in [0.4, 0.5) is 5.82 Å². The van der Waals surface area contributed by atoms with Gasteiger partial charge in [-0.3, -0.25) is 4.79 Å². The van der Waals surface area contributed by atoms with Crippen LogP contribution in [0.5, 0.6) is 5.88 Å². The molecule has 0 aromatic carbocycles. The van der Waals surface area contributed by atoms with Crippen molar-refractivity contribution in [2.45, 2.75) is 10.8 Å². The van der Waals surface area contributed by atoms with Crippen molar-refractivity contribution in [1.29, 1.82) is 0 Å². The number of methoxy groups -OCH3 is 1. The largest absolute Gasteiger partial charge is 0.481 e. The lowest BCUT2D eigenvalue weighted by molar-refractivity contribution is 0.103. The first kappa shape index (κ1) is 20.8. The van der Waals surface area contributed by atoms with Gasteiger partial charge in [-0.15, -0.1) is 11.3 Å². The third kappa shape index (κ3) is 3.20. The first-order chi connectivity index (χ1) is 14.2. The Bertz CT molecular complexity index is 1150. The summed E-state index contributed by atoms with van der Waals surface area (Å²) in [5.41, 5.74) is 4.58. The molecule has 1 amide bonds. The van der Waals surface area contributed by atoms with E-state index in [2.05, 4.69) is 15.3 Å². The second-order valence-electron chi connectivity index (χ2n) is 6.72. The highest BCUT2D eigenvalue weighted by Gasteiger charge is 2.58. The molecule has 0 spiro atoms. The summed E-state index contributed by atoms with van der Waals surface area (Å²) in [6.45, 7) is -0.0584. The predicted molar refractivity (Wildman–Crippen MR) is 113 cm³/mol. The van der Waals surface area contributed by atoms with Crippen LogP contribution in [0.25, 0.3) is 0 Å². The molecule has 0 bridgehead atoms. The molecular formula is C17H18ClN5O5S2. The normalized spacial score (nSPS) is 24.8. The second kappa shape index (κ2) is 7.38. The van der Waals surface area contributed by atoms with Gasteiger partial charge in [0.1, 0.15) is 16.6 Å². The molecule has 0 aliphatic carbocycles. The van der Waals surface area contributed by atoms with Crippen LogP contribution in [-0.2, 0) is 20.3 Å². The molecule has 4 rings (SSSR count). The van der Waals surface area contributed by atoms with Gasteiger partial charge in [0, 0.05) is 13.1 Å². The van der Waals surface area contributed by atoms with Crippen LogP contribution in [0.1, 0.15) is 14.5 Å². The number of nitrogens with zero attached hydrogens (tertiary/aromatic N) is 3. The number of thiophene rings is 1. The SMILES string of the molecule is COc1cccc(NC(=O)c2cc(Cl)c(C34COCC3S(=O)(=O)N(C)C(N)=N4)s2)n1. The van der Waals surface area contributed by atoms with E-state index in [-0.39, 0.29) is 29.1 Å². The molecule has 2 aliphatic heterocycles. The summed E-state index contributed by atoms with van der Waals surface area (Å²) in [5.74, 6) is 0.0416. The molecule has 30 heavy (non-hydrogen) atoms. The van der Waals surface area contributed by atoms with Gasteiger partial charge in [0.25, 0.3) is 5.91 Å². The minimum Gasteiger partial charge on any atom is -0.481 e. The minimum absolute atomic E-state index is 0.00975. The van der Waals surface area contributed by atoms with Gasteiger partial charge in [0.15, 0.2) is 0 Å². The zero-order valence-electron chi connectivity index (χ0n) is 16.0. The van der Waals surface area contributed by atoms with E-state index in [1.165, 1.54) is 20.2 Å². The molecule has 3 N–H and O–H groups in total. The number of sulfonamides is 1. The molecule has 2 aromatic rings. The first-order valence-electron chi connectivity index (χ1n) is 8.72. The number of amides is 1. The van der Waals surface area contributed by atoms with Crippen molar-refractivity contribution in [2.24, 2.45) is 10.7 Å². The van der Waals surface area contributed by atoms with Gasteiger partial charge in [-0.25, -0.2) is 17.7 Å². The van der Waals surface area contributed by atoms with E-state index in [9.17, 15) is 13.2 Å². The Hall–Kier alpha value is -2.41. The van der Waals surface area contributed by atoms with Crippen LogP contribution in [0.15, 0.2) is 29.3 Å². The predicted octanol–water partition coefficient (Wildman–Crippen LogP) is 1.24. The Kier molecular flexibility index (Phi) is 5.12. The van der Waals surface area contributed by atoms with Crippen molar-refractivity contribution < 1.29 is 22.7 Å². The summed E-state index contributed by atoms with van der Waals surface area (Å²) in [4.78, 5) is 22.0. The summed E-state index contributed by atoms with van der Waals surface area (Å²) < 4.78 is 37.2. The van der Waals surface area contributed by atoms with Gasteiger partial charge in [-0.1, -0.05) is 17.7 Å². The fraction of sp³-hybridized carbons (Fsp3) is 0.353. The van der Waals surface area contributed by atoms with Gasteiger partial charge in [-0.05, 0) is 12.1 Å². The second-order valence-corrected chi connectivity index (χ2v) is 10.3. The first-order valence-corrected chi connectivity index (χ1v) is 11.4. The topological polar surface area (TPSA) is 136 Å². The highest BCUT2D eigenvalue weighted by molar-refractivity contribution is 7.90. The number of aromatic nitrogens is 1. The molecule has 160 valence electrons. The molecule has 1 fully saturated rings. The molecule has 2 unspecified atom stereocenters. The number of ether oxygens (including phenoxy) is 2. The van der Waals surface area contributed by atoms with Gasteiger partial charge in [0.05, 0.1) is 35.1 Å². The summed E-state index contributed by atoms with van der Waals surface area (Å²) >= 11 is 7.48. The Morgan fingerprint density at radius 3 is 3.00 bits per heavy atom. The average molecular weight is 472 g/mol. The van der Waals surface area contributed by atoms with Crippen LogP contribution in [0.3, 0.4) is 0 Å². The van der Waals surface area contributed by atoms with Gasteiger partial charge < -0.3 is 20.5 Å². The molecular weight excluding hydrogens is 454 g/mol. The highest BCUT2D eigenvalue weighted by Crippen LogP contribution is 2.48. The number of nitrogens with two attached hydrogens (primary N) is 1. The zero-order valence-corrected chi connectivity index (χ0v) is 18.3. The standard InChI is InChI=1S/C17H18ClN5O5S2/c1-23-16(19)22-17(8-28-7-11(17)30(23,25)26)14-9(18)6-10(29-14)15(24)21-12-4-3-5-13(20-12)27-2/h3-6,11H,7-8H2,1-2H3,(H2,19,22)(H,20,21,24). The van der Waals surface area contributed by atoms with Crippen molar-refractivity contribution in [3.63, 3.8) is 0 Å². The number of nitrogens with one attached hydrogen (secondary N) is 1. The van der Waals surface area contributed by atoms with Crippen LogP contribution in [-0.4, -0.2) is 62.2 Å². The van der Waals surface area contributed by atoms with Gasteiger partial charge in [0.2, 0.25) is 21.9 Å². The molecule has 13 heteroatoms.